The van der Waals surface area contributed by atoms with E-state index in [0.29, 0.717) is 31.9 Å². The van der Waals surface area contributed by atoms with E-state index in [4.69, 9.17) is 14.9 Å². The van der Waals surface area contributed by atoms with Gasteiger partial charge in [-0.2, -0.15) is 0 Å². The van der Waals surface area contributed by atoms with Crippen LogP contribution in [0.3, 0.4) is 0 Å². The van der Waals surface area contributed by atoms with Gasteiger partial charge in [-0.05, 0) is 47.7 Å². The Balaban J connectivity index is 1.42. The second-order valence-corrected chi connectivity index (χ2v) is 9.43. The van der Waals surface area contributed by atoms with Crippen LogP contribution in [0.15, 0.2) is 78.9 Å². The zero-order chi connectivity index (χ0) is 25.2. The second-order valence-electron chi connectivity index (χ2n) is 9.43. The minimum absolute atomic E-state index is 0.223. The molecule has 0 fully saturated rings. The molecule has 6 nitrogen and oxygen atoms in total. The average molecular weight is 492 g/mol. The molecule has 6 rings (SSSR count). The number of hydrogen-bond donors (Lipinski definition) is 2. The maximum atomic E-state index is 13.5. The summed E-state index contributed by atoms with van der Waals surface area (Å²) in [7, 11) is 0. The lowest BCUT2D eigenvalue weighted by molar-refractivity contribution is 0.0952. The molecule has 6 heteroatoms. The summed E-state index contributed by atoms with van der Waals surface area (Å²) >= 11 is 0. The monoisotopic (exact) mass is 491 g/mol. The van der Waals surface area contributed by atoms with E-state index in [-0.39, 0.29) is 11.4 Å². The van der Waals surface area contributed by atoms with E-state index in [0.717, 1.165) is 53.1 Å². The van der Waals surface area contributed by atoms with Gasteiger partial charge in [0.1, 0.15) is 5.49 Å². The summed E-state index contributed by atoms with van der Waals surface area (Å²) in [5.41, 5.74) is 6.58. The van der Waals surface area contributed by atoms with Crippen molar-refractivity contribution >= 4 is 5.91 Å². The van der Waals surface area contributed by atoms with Gasteiger partial charge in [0.15, 0.2) is 11.5 Å². The SMILES string of the molecule is N=c1c(C(=O)NCCc2ccccc2)c(-c2ccccc2)cc2n1CCc1cc3c(cc1-2)OCCCO3. The summed E-state index contributed by atoms with van der Waals surface area (Å²) < 4.78 is 13.8. The number of benzene rings is 3. The van der Waals surface area contributed by atoms with Crippen molar-refractivity contribution in [2.24, 2.45) is 0 Å². The van der Waals surface area contributed by atoms with Gasteiger partial charge < -0.3 is 19.4 Å². The second kappa shape index (κ2) is 9.97. The van der Waals surface area contributed by atoms with Crippen molar-refractivity contribution in [1.82, 2.24) is 9.88 Å². The average Bonchev–Trinajstić information content (AvgIpc) is 3.17. The molecule has 0 spiro atoms. The van der Waals surface area contributed by atoms with Crippen LogP contribution in [0.2, 0.25) is 0 Å². The van der Waals surface area contributed by atoms with Crippen molar-refractivity contribution in [2.45, 2.75) is 25.8 Å². The van der Waals surface area contributed by atoms with Gasteiger partial charge in [0.05, 0.1) is 24.5 Å². The maximum absolute atomic E-state index is 13.5. The Morgan fingerprint density at radius 1 is 0.892 bits per heavy atom. The molecule has 0 saturated carbocycles. The molecule has 0 aliphatic carbocycles. The molecule has 186 valence electrons. The number of pyridine rings is 1. The number of nitrogens with zero attached hydrogens (tertiary/aromatic N) is 1. The van der Waals surface area contributed by atoms with E-state index >= 15 is 0 Å². The summed E-state index contributed by atoms with van der Waals surface area (Å²) in [4.78, 5) is 13.5. The van der Waals surface area contributed by atoms with Crippen molar-refractivity contribution in [1.29, 1.82) is 5.41 Å². The van der Waals surface area contributed by atoms with Crippen LogP contribution in [0.4, 0.5) is 0 Å². The van der Waals surface area contributed by atoms with E-state index in [2.05, 4.69) is 29.6 Å². The molecule has 4 aromatic rings. The van der Waals surface area contributed by atoms with E-state index in [1.54, 1.807) is 0 Å². The lowest BCUT2D eigenvalue weighted by atomic mass is 9.92. The van der Waals surface area contributed by atoms with Crippen molar-refractivity contribution in [3.8, 4) is 33.9 Å². The fraction of sp³-hybridized carbons (Fsp3) is 0.226. The zero-order valence-corrected chi connectivity index (χ0v) is 20.6. The highest BCUT2D eigenvalue weighted by Crippen LogP contribution is 2.40. The number of hydrogen-bond acceptors (Lipinski definition) is 4. The predicted molar refractivity (Wildman–Crippen MR) is 143 cm³/mol. The number of carbonyl (C=O) groups is 1. The maximum Gasteiger partial charge on any atom is 0.255 e. The minimum atomic E-state index is -0.223. The first-order chi connectivity index (χ1) is 18.2. The predicted octanol–water partition coefficient (Wildman–Crippen LogP) is 4.99. The molecular formula is C31H29N3O3. The van der Waals surface area contributed by atoms with E-state index in [9.17, 15) is 4.79 Å². The summed E-state index contributed by atoms with van der Waals surface area (Å²) in [5, 5.41) is 12.2. The highest BCUT2D eigenvalue weighted by molar-refractivity contribution is 6.01. The van der Waals surface area contributed by atoms with Crippen LogP contribution in [-0.4, -0.2) is 30.2 Å². The van der Waals surface area contributed by atoms with Crippen LogP contribution in [0.25, 0.3) is 22.4 Å². The highest BCUT2D eigenvalue weighted by Gasteiger charge is 2.26. The number of ether oxygens (including phenoxy) is 2. The van der Waals surface area contributed by atoms with Crippen molar-refractivity contribution in [2.75, 3.05) is 19.8 Å². The first kappa shape index (κ1) is 23.1. The van der Waals surface area contributed by atoms with Gasteiger partial charge >= 0.3 is 0 Å². The Hall–Kier alpha value is -4.32. The minimum Gasteiger partial charge on any atom is -0.490 e. The molecule has 0 atom stereocenters. The molecule has 0 radical (unpaired) electrons. The van der Waals surface area contributed by atoms with Crippen LogP contribution in [-0.2, 0) is 19.4 Å². The van der Waals surface area contributed by atoms with Gasteiger partial charge in [-0.15, -0.1) is 0 Å². The van der Waals surface area contributed by atoms with Gasteiger partial charge in [0.25, 0.3) is 5.91 Å². The first-order valence-corrected chi connectivity index (χ1v) is 12.8. The topological polar surface area (TPSA) is 76.3 Å². The summed E-state index contributed by atoms with van der Waals surface area (Å²) in [6.45, 7) is 2.40. The summed E-state index contributed by atoms with van der Waals surface area (Å²) in [6, 6.07) is 26.1. The Labute approximate surface area is 216 Å². The normalized spacial score (nSPS) is 13.7. The largest absolute Gasteiger partial charge is 0.490 e. The molecular weight excluding hydrogens is 462 g/mol. The van der Waals surface area contributed by atoms with E-state index in [1.165, 1.54) is 11.1 Å². The summed E-state index contributed by atoms with van der Waals surface area (Å²) in [5.74, 6) is 1.30. The van der Waals surface area contributed by atoms with Crippen molar-refractivity contribution in [3.63, 3.8) is 0 Å². The molecule has 37 heavy (non-hydrogen) atoms. The quantitative estimate of drug-likeness (QED) is 0.413. The van der Waals surface area contributed by atoms with Gasteiger partial charge in [0, 0.05) is 30.6 Å². The third kappa shape index (κ3) is 4.51. The Bertz CT molecular complexity index is 1510. The molecule has 1 amide bonds. The fourth-order valence-electron chi connectivity index (χ4n) is 5.18. The van der Waals surface area contributed by atoms with Crippen LogP contribution >= 0.6 is 0 Å². The molecule has 2 aliphatic heterocycles. The molecule has 0 bridgehead atoms. The van der Waals surface area contributed by atoms with Gasteiger partial charge in [-0.1, -0.05) is 60.7 Å². The number of nitrogens with one attached hydrogen (secondary N) is 2. The third-order valence-electron chi connectivity index (χ3n) is 7.06. The van der Waals surface area contributed by atoms with Crippen LogP contribution in [0.1, 0.15) is 27.9 Å². The Morgan fingerprint density at radius 3 is 2.35 bits per heavy atom. The standard InChI is InChI=1S/C31H29N3O3/c32-30-29(31(35)33-14-12-21-8-3-1-4-9-21)25(22-10-5-2-6-11-22)19-26-24-20-28-27(36-16-7-17-37-28)18-23(24)13-15-34(26)30/h1-6,8-11,18-20,32H,7,12-17H2,(H,33,35). The van der Waals surface area contributed by atoms with Crippen LogP contribution in [0, 0.1) is 5.41 Å². The third-order valence-corrected chi connectivity index (χ3v) is 7.06. The van der Waals surface area contributed by atoms with Crippen molar-refractivity contribution in [3.05, 3.63) is 101 Å². The Kier molecular flexibility index (Phi) is 6.23. The van der Waals surface area contributed by atoms with Gasteiger partial charge in [-0.3, -0.25) is 10.2 Å². The summed E-state index contributed by atoms with van der Waals surface area (Å²) in [6.07, 6.45) is 2.34. The molecule has 3 heterocycles. The smallest absolute Gasteiger partial charge is 0.255 e. The van der Waals surface area contributed by atoms with E-state index in [1.807, 2.05) is 59.2 Å². The fourth-order valence-corrected chi connectivity index (χ4v) is 5.18. The number of rotatable bonds is 5. The molecule has 1 aromatic heterocycles. The van der Waals surface area contributed by atoms with Gasteiger partial charge in [-0.25, -0.2) is 0 Å². The van der Waals surface area contributed by atoms with Gasteiger partial charge in [0.2, 0.25) is 0 Å². The lowest BCUT2D eigenvalue weighted by Crippen LogP contribution is -2.36. The molecule has 2 N–H and O–H groups in total. The molecule has 0 saturated heterocycles. The number of aryl methyl sites for hydroxylation is 1. The number of amides is 1. The lowest BCUT2D eigenvalue weighted by Gasteiger charge is -2.26. The van der Waals surface area contributed by atoms with E-state index < -0.39 is 0 Å². The number of fused-ring (bicyclic) bond motifs is 4. The number of aromatic nitrogens is 1. The van der Waals surface area contributed by atoms with Crippen molar-refractivity contribution < 1.29 is 14.3 Å². The van der Waals surface area contributed by atoms with Crippen LogP contribution < -0.4 is 20.3 Å². The molecule has 2 aliphatic rings. The first-order valence-electron chi connectivity index (χ1n) is 12.8. The highest BCUT2D eigenvalue weighted by atomic mass is 16.5. The zero-order valence-electron chi connectivity index (χ0n) is 20.6. The molecule has 3 aromatic carbocycles. The Morgan fingerprint density at radius 2 is 1.59 bits per heavy atom. The molecule has 0 unspecified atom stereocenters. The number of carbonyl (C=O) groups excluding carboxylic acids is 1. The van der Waals surface area contributed by atoms with Crippen LogP contribution in [0.5, 0.6) is 11.5 Å².